The van der Waals surface area contributed by atoms with Crippen molar-refractivity contribution in [1.82, 2.24) is 4.90 Å². The molecule has 0 radical (unpaired) electrons. The van der Waals surface area contributed by atoms with Crippen LogP contribution in [0.3, 0.4) is 0 Å². The Morgan fingerprint density at radius 3 is 2.64 bits per heavy atom. The summed E-state index contributed by atoms with van der Waals surface area (Å²) in [6, 6.07) is 16.0. The van der Waals surface area contributed by atoms with E-state index in [2.05, 4.69) is 16.3 Å². The number of anilines is 1. The number of nitrogens with one attached hydrogen (secondary N) is 1. The number of halogens is 1. The Bertz CT molecular complexity index is 1020. The molecule has 0 spiro atoms. The van der Waals surface area contributed by atoms with Crippen LogP contribution in [0.4, 0.5) is 10.1 Å². The Hall–Kier alpha value is -2.92. The molecule has 2 aromatic carbocycles. The molecule has 1 aromatic heterocycles. The van der Waals surface area contributed by atoms with E-state index in [1.165, 1.54) is 12.1 Å². The molecule has 28 heavy (non-hydrogen) atoms. The molecule has 0 saturated carbocycles. The second-order valence-corrected chi connectivity index (χ2v) is 7.15. The molecule has 2 heterocycles. The maximum absolute atomic E-state index is 12.9. The fraction of sp³-hybridized carbons (Fsp3) is 0.261. The maximum atomic E-state index is 12.9. The first kappa shape index (κ1) is 18.4. The molecule has 0 amide bonds. The van der Waals surface area contributed by atoms with Crippen molar-refractivity contribution >= 4 is 22.7 Å². The summed E-state index contributed by atoms with van der Waals surface area (Å²) in [5.74, 6) is -0.212. The van der Waals surface area contributed by atoms with Gasteiger partial charge in [-0.25, -0.2) is 9.18 Å². The van der Waals surface area contributed by atoms with Gasteiger partial charge in [0.1, 0.15) is 11.4 Å². The second-order valence-electron chi connectivity index (χ2n) is 7.15. The highest BCUT2D eigenvalue weighted by molar-refractivity contribution is 5.89. The fourth-order valence-corrected chi connectivity index (χ4v) is 3.62. The zero-order valence-corrected chi connectivity index (χ0v) is 15.6. The van der Waals surface area contributed by atoms with Crippen molar-refractivity contribution in [2.75, 3.05) is 25.0 Å². The van der Waals surface area contributed by atoms with Crippen LogP contribution in [-0.4, -0.2) is 30.6 Å². The first-order valence-electron chi connectivity index (χ1n) is 9.61. The van der Waals surface area contributed by atoms with Gasteiger partial charge in [0.25, 0.3) is 0 Å². The molecular formula is C23H23FN2O2. The van der Waals surface area contributed by atoms with Gasteiger partial charge in [0.15, 0.2) is 0 Å². The predicted octanol–water partition coefficient (Wildman–Crippen LogP) is 4.52. The van der Waals surface area contributed by atoms with Crippen LogP contribution in [0.25, 0.3) is 17.0 Å². The van der Waals surface area contributed by atoms with Crippen molar-refractivity contribution in [1.29, 1.82) is 0 Å². The molecular weight excluding hydrogens is 355 g/mol. The van der Waals surface area contributed by atoms with E-state index in [4.69, 9.17) is 4.42 Å². The standard InChI is InChI=1S/C23H23FN2O2/c24-18-9-7-17(8-10-18)4-3-13-26-14-11-19(12-15-26)25-21-16-23(27)28-22-6-2-1-5-20(21)22/h1-10,16,19,25H,11-15H2. The van der Waals surface area contributed by atoms with Crippen LogP contribution in [0.1, 0.15) is 18.4 Å². The number of nitrogens with zero attached hydrogens (tertiary/aromatic N) is 1. The third-order valence-corrected chi connectivity index (χ3v) is 5.14. The number of rotatable bonds is 5. The number of benzene rings is 2. The van der Waals surface area contributed by atoms with Crippen LogP contribution < -0.4 is 10.9 Å². The van der Waals surface area contributed by atoms with Crippen LogP contribution in [0, 0.1) is 5.82 Å². The number of para-hydroxylation sites is 1. The summed E-state index contributed by atoms with van der Waals surface area (Å²) in [6.45, 7) is 2.86. The summed E-state index contributed by atoms with van der Waals surface area (Å²) in [6.07, 6.45) is 6.17. The van der Waals surface area contributed by atoms with E-state index in [9.17, 15) is 9.18 Å². The summed E-state index contributed by atoms with van der Waals surface area (Å²) in [5.41, 5.74) is 2.14. The highest BCUT2D eigenvalue weighted by Crippen LogP contribution is 2.24. The highest BCUT2D eigenvalue weighted by atomic mass is 19.1. The largest absolute Gasteiger partial charge is 0.423 e. The van der Waals surface area contributed by atoms with Crippen LogP contribution in [0.2, 0.25) is 0 Å². The summed E-state index contributed by atoms with van der Waals surface area (Å²) >= 11 is 0. The van der Waals surface area contributed by atoms with Crippen molar-refractivity contribution < 1.29 is 8.81 Å². The molecule has 144 valence electrons. The van der Waals surface area contributed by atoms with E-state index < -0.39 is 0 Å². The van der Waals surface area contributed by atoms with Crippen molar-refractivity contribution in [3.05, 3.63) is 82.5 Å². The SMILES string of the molecule is O=c1cc(NC2CCN(CC=Cc3ccc(F)cc3)CC2)c2ccccc2o1. The van der Waals surface area contributed by atoms with E-state index >= 15 is 0 Å². The van der Waals surface area contributed by atoms with Gasteiger partial charge in [-0.3, -0.25) is 4.90 Å². The normalized spacial score (nSPS) is 16.0. The van der Waals surface area contributed by atoms with Gasteiger partial charge in [-0.15, -0.1) is 0 Å². The lowest BCUT2D eigenvalue weighted by atomic mass is 10.0. The smallest absolute Gasteiger partial charge is 0.338 e. The van der Waals surface area contributed by atoms with Gasteiger partial charge in [0.05, 0.1) is 5.69 Å². The van der Waals surface area contributed by atoms with Crippen LogP contribution >= 0.6 is 0 Å². The van der Waals surface area contributed by atoms with Gasteiger partial charge in [-0.2, -0.15) is 0 Å². The molecule has 0 unspecified atom stereocenters. The number of likely N-dealkylation sites (tertiary alicyclic amines) is 1. The zero-order valence-electron chi connectivity index (χ0n) is 15.6. The second kappa shape index (κ2) is 8.40. The van der Waals surface area contributed by atoms with Crippen molar-refractivity contribution in [2.24, 2.45) is 0 Å². The first-order valence-corrected chi connectivity index (χ1v) is 9.61. The van der Waals surface area contributed by atoms with Gasteiger partial charge in [-0.05, 0) is 42.7 Å². The Kier molecular flexibility index (Phi) is 5.53. The van der Waals surface area contributed by atoms with Crippen LogP contribution in [0.5, 0.6) is 0 Å². The van der Waals surface area contributed by atoms with E-state index in [1.807, 2.05) is 30.3 Å². The lowest BCUT2D eigenvalue weighted by Crippen LogP contribution is -2.39. The van der Waals surface area contributed by atoms with E-state index in [0.717, 1.165) is 49.1 Å². The molecule has 0 atom stereocenters. The molecule has 1 aliphatic rings. The minimum absolute atomic E-state index is 0.212. The number of fused-ring (bicyclic) bond motifs is 1. The zero-order chi connectivity index (χ0) is 19.3. The Labute approximate surface area is 163 Å². The minimum Gasteiger partial charge on any atom is -0.423 e. The van der Waals surface area contributed by atoms with Crippen molar-refractivity contribution in [3.63, 3.8) is 0 Å². The molecule has 3 aromatic rings. The monoisotopic (exact) mass is 378 g/mol. The topological polar surface area (TPSA) is 45.5 Å². The molecule has 4 rings (SSSR count). The first-order chi connectivity index (χ1) is 13.7. The molecule has 1 aliphatic heterocycles. The lowest BCUT2D eigenvalue weighted by Gasteiger charge is -2.32. The van der Waals surface area contributed by atoms with E-state index in [-0.39, 0.29) is 11.4 Å². The van der Waals surface area contributed by atoms with Gasteiger partial charge in [-0.1, -0.05) is 36.4 Å². The van der Waals surface area contributed by atoms with Gasteiger partial charge >= 0.3 is 5.63 Å². The Morgan fingerprint density at radius 2 is 1.86 bits per heavy atom. The maximum Gasteiger partial charge on any atom is 0.338 e. The minimum atomic E-state index is -0.329. The summed E-state index contributed by atoms with van der Waals surface area (Å²) in [7, 11) is 0. The number of hydrogen-bond acceptors (Lipinski definition) is 4. The average molecular weight is 378 g/mol. The van der Waals surface area contributed by atoms with Gasteiger partial charge in [0.2, 0.25) is 0 Å². The quantitative estimate of drug-likeness (QED) is 0.663. The fourth-order valence-electron chi connectivity index (χ4n) is 3.62. The van der Waals surface area contributed by atoms with Gasteiger partial charge < -0.3 is 9.73 Å². The van der Waals surface area contributed by atoms with Crippen LogP contribution in [-0.2, 0) is 0 Å². The molecule has 0 bridgehead atoms. The summed E-state index contributed by atoms with van der Waals surface area (Å²) in [5, 5.41) is 4.47. The van der Waals surface area contributed by atoms with E-state index in [1.54, 1.807) is 18.2 Å². The van der Waals surface area contributed by atoms with Crippen molar-refractivity contribution in [3.8, 4) is 0 Å². The average Bonchev–Trinajstić information content (AvgIpc) is 2.71. The Balaban J connectivity index is 1.32. The third kappa shape index (κ3) is 4.49. The van der Waals surface area contributed by atoms with Crippen LogP contribution in [0.15, 0.2) is 69.9 Å². The predicted molar refractivity (Wildman–Crippen MR) is 111 cm³/mol. The van der Waals surface area contributed by atoms with Crippen molar-refractivity contribution in [2.45, 2.75) is 18.9 Å². The van der Waals surface area contributed by atoms with Gasteiger partial charge in [0, 0.05) is 37.1 Å². The highest BCUT2D eigenvalue weighted by Gasteiger charge is 2.19. The number of piperidine rings is 1. The third-order valence-electron chi connectivity index (χ3n) is 5.14. The number of hydrogen-bond donors (Lipinski definition) is 1. The summed E-state index contributed by atoms with van der Waals surface area (Å²) in [4.78, 5) is 14.2. The molecule has 5 heteroatoms. The van der Waals surface area contributed by atoms with E-state index in [0.29, 0.717) is 11.6 Å². The molecule has 1 N–H and O–H groups in total. The molecule has 1 fully saturated rings. The molecule has 0 aliphatic carbocycles. The lowest BCUT2D eigenvalue weighted by molar-refractivity contribution is 0.240. The molecule has 1 saturated heterocycles. The summed E-state index contributed by atoms with van der Waals surface area (Å²) < 4.78 is 18.2. The molecule has 4 nitrogen and oxygen atoms in total. The Morgan fingerprint density at radius 1 is 1.11 bits per heavy atom.